The van der Waals surface area contributed by atoms with Crippen LogP contribution in [0.1, 0.15) is 16.1 Å². The summed E-state index contributed by atoms with van der Waals surface area (Å²) in [6, 6.07) is 23.9. The quantitative estimate of drug-likeness (QED) is 0.439. The molecule has 4 rings (SSSR count). The molecule has 0 spiro atoms. The van der Waals surface area contributed by atoms with Gasteiger partial charge in [-0.2, -0.15) is 0 Å². The van der Waals surface area contributed by atoms with E-state index in [4.69, 9.17) is 16.0 Å². The molecule has 0 atom stereocenters. The largest absolute Gasteiger partial charge is 0.451 e. The Bertz CT molecular complexity index is 1100. The molecule has 4 aromatic rings. The number of carbonyl (C=O) groups excluding carboxylic acids is 1. The van der Waals surface area contributed by atoms with Crippen molar-refractivity contribution in [1.29, 1.82) is 0 Å². The predicted octanol–water partition coefficient (Wildman–Crippen LogP) is 6.09. The molecule has 0 fully saturated rings. The van der Waals surface area contributed by atoms with Crippen LogP contribution in [0.5, 0.6) is 0 Å². The fourth-order valence-corrected chi connectivity index (χ4v) is 2.77. The van der Waals surface area contributed by atoms with Crippen molar-refractivity contribution in [2.24, 2.45) is 4.99 Å². The highest BCUT2D eigenvalue weighted by atomic mass is 35.5. The first-order valence-electron chi connectivity index (χ1n) is 8.37. The molecular formula is C22H15ClN2O2. The Balaban J connectivity index is 1.50. The lowest BCUT2D eigenvalue weighted by Crippen LogP contribution is -2.10. The number of aliphatic imine (C=N–C) groups is 1. The number of para-hydroxylation sites is 1. The van der Waals surface area contributed by atoms with E-state index < -0.39 is 0 Å². The van der Waals surface area contributed by atoms with E-state index in [1.54, 1.807) is 18.3 Å². The third kappa shape index (κ3) is 4.07. The maximum absolute atomic E-state index is 12.5. The third-order valence-electron chi connectivity index (χ3n) is 3.99. The average Bonchev–Trinajstić information content (AvgIpc) is 3.12. The van der Waals surface area contributed by atoms with Gasteiger partial charge in [-0.3, -0.25) is 9.79 Å². The lowest BCUT2D eigenvalue weighted by molar-refractivity contribution is 0.0998. The molecule has 5 heteroatoms. The molecule has 0 radical (unpaired) electrons. The molecule has 1 aromatic heterocycles. The zero-order valence-corrected chi connectivity index (χ0v) is 15.0. The van der Waals surface area contributed by atoms with Crippen LogP contribution in [0, 0.1) is 0 Å². The van der Waals surface area contributed by atoms with E-state index in [-0.39, 0.29) is 11.7 Å². The van der Waals surface area contributed by atoms with E-state index in [2.05, 4.69) is 10.3 Å². The Morgan fingerprint density at radius 1 is 0.963 bits per heavy atom. The number of amides is 1. The Hall–Kier alpha value is -3.37. The summed E-state index contributed by atoms with van der Waals surface area (Å²) < 4.78 is 5.59. The Morgan fingerprint density at radius 2 is 1.78 bits per heavy atom. The second kappa shape index (κ2) is 7.48. The summed E-state index contributed by atoms with van der Waals surface area (Å²) in [5, 5.41) is 4.42. The van der Waals surface area contributed by atoms with Gasteiger partial charge < -0.3 is 9.73 Å². The van der Waals surface area contributed by atoms with Gasteiger partial charge in [0.15, 0.2) is 5.76 Å². The summed E-state index contributed by atoms with van der Waals surface area (Å²) in [7, 11) is 0. The van der Waals surface area contributed by atoms with E-state index >= 15 is 0 Å². The fraction of sp³-hybridized carbons (Fsp3) is 0. The van der Waals surface area contributed by atoms with Crippen molar-refractivity contribution in [2.75, 3.05) is 5.32 Å². The Labute approximate surface area is 161 Å². The normalized spacial score (nSPS) is 11.1. The van der Waals surface area contributed by atoms with Crippen LogP contribution in [0.3, 0.4) is 0 Å². The van der Waals surface area contributed by atoms with Crippen LogP contribution < -0.4 is 5.32 Å². The first kappa shape index (κ1) is 17.1. The molecule has 132 valence electrons. The molecule has 0 aliphatic rings. The summed E-state index contributed by atoms with van der Waals surface area (Å²) >= 11 is 5.88. The van der Waals surface area contributed by atoms with Gasteiger partial charge in [0.1, 0.15) is 5.58 Å². The summed E-state index contributed by atoms with van der Waals surface area (Å²) in [6.07, 6.45) is 1.75. The average molecular weight is 375 g/mol. The van der Waals surface area contributed by atoms with Crippen LogP contribution in [0.15, 0.2) is 88.3 Å². The van der Waals surface area contributed by atoms with Gasteiger partial charge in [0.05, 0.1) is 5.69 Å². The van der Waals surface area contributed by atoms with Crippen molar-refractivity contribution >= 4 is 46.1 Å². The maximum atomic E-state index is 12.5. The number of halogens is 1. The van der Waals surface area contributed by atoms with Gasteiger partial charge in [-0.25, -0.2) is 0 Å². The fourth-order valence-electron chi connectivity index (χ4n) is 2.65. The van der Waals surface area contributed by atoms with E-state index in [0.29, 0.717) is 16.3 Å². The van der Waals surface area contributed by atoms with Gasteiger partial charge in [-0.05, 0) is 48.0 Å². The maximum Gasteiger partial charge on any atom is 0.291 e. The molecule has 0 bridgehead atoms. The predicted molar refractivity (Wildman–Crippen MR) is 109 cm³/mol. The number of carbonyl (C=O) groups is 1. The topological polar surface area (TPSA) is 54.6 Å². The van der Waals surface area contributed by atoms with Gasteiger partial charge in [-0.1, -0.05) is 48.0 Å². The number of benzene rings is 3. The molecule has 27 heavy (non-hydrogen) atoms. The van der Waals surface area contributed by atoms with Gasteiger partial charge >= 0.3 is 0 Å². The minimum Gasteiger partial charge on any atom is -0.451 e. The second-order valence-corrected chi connectivity index (χ2v) is 6.40. The summed E-state index contributed by atoms with van der Waals surface area (Å²) in [6.45, 7) is 0. The molecule has 1 amide bonds. The van der Waals surface area contributed by atoms with Crippen LogP contribution in [0.4, 0.5) is 11.4 Å². The SMILES string of the molecule is O=C(Nc1cccc(N=Cc2ccc(Cl)cc2)c1)c1cc2ccccc2o1. The number of fused-ring (bicyclic) bond motifs is 1. The van der Waals surface area contributed by atoms with Gasteiger partial charge in [0.2, 0.25) is 0 Å². The van der Waals surface area contributed by atoms with Crippen molar-refractivity contribution in [1.82, 2.24) is 0 Å². The van der Waals surface area contributed by atoms with Crippen molar-refractivity contribution in [2.45, 2.75) is 0 Å². The molecule has 3 aromatic carbocycles. The number of anilines is 1. The molecular weight excluding hydrogens is 360 g/mol. The molecule has 0 saturated heterocycles. The van der Waals surface area contributed by atoms with Crippen LogP contribution in [-0.2, 0) is 0 Å². The summed E-state index contributed by atoms with van der Waals surface area (Å²) in [5.74, 6) is -0.0312. The minimum absolute atomic E-state index is 0.270. The summed E-state index contributed by atoms with van der Waals surface area (Å²) in [4.78, 5) is 16.9. The van der Waals surface area contributed by atoms with Gasteiger partial charge in [0.25, 0.3) is 5.91 Å². The van der Waals surface area contributed by atoms with E-state index in [9.17, 15) is 4.79 Å². The van der Waals surface area contributed by atoms with Crippen LogP contribution in [-0.4, -0.2) is 12.1 Å². The first-order valence-corrected chi connectivity index (χ1v) is 8.75. The van der Waals surface area contributed by atoms with Crippen LogP contribution >= 0.6 is 11.6 Å². The zero-order valence-electron chi connectivity index (χ0n) is 14.2. The standard InChI is InChI=1S/C22H15ClN2O2/c23-17-10-8-15(9-11-17)14-24-18-5-3-6-19(13-18)25-22(26)21-12-16-4-1-2-7-20(16)27-21/h1-14H,(H,25,26). The number of hydrogen-bond donors (Lipinski definition) is 1. The number of rotatable bonds is 4. The zero-order chi connectivity index (χ0) is 18.6. The lowest BCUT2D eigenvalue weighted by Gasteiger charge is -2.04. The second-order valence-electron chi connectivity index (χ2n) is 5.96. The first-order chi connectivity index (χ1) is 13.2. The summed E-state index contributed by atoms with van der Waals surface area (Å²) in [5.41, 5.74) is 3.00. The van der Waals surface area contributed by atoms with Crippen molar-refractivity contribution in [3.63, 3.8) is 0 Å². The molecule has 0 aliphatic carbocycles. The molecule has 1 heterocycles. The smallest absolute Gasteiger partial charge is 0.291 e. The number of furan rings is 1. The van der Waals surface area contributed by atoms with E-state index in [1.807, 2.05) is 66.7 Å². The lowest BCUT2D eigenvalue weighted by atomic mass is 10.2. The van der Waals surface area contributed by atoms with Crippen LogP contribution in [0.2, 0.25) is 5.02 Å². The van der Waals surface area contributed by atoms with Crippen molar-refractivity contribution in [3.05, 3.63) is 95.2 Å². The molecule has 1 N–H and O–H groups in total. The van der Waals surface area contributed by atoms with E-state index in [1.165, 1.54) is 0 Å². The van der Waals surface area contributed by atoms with Crippen molar-refractivity contribution < 1.29 is 9.21 Å². The highest BCUT2D eigenvalue weighted by molar-refractivity contribution is 6.30. The minimum atomic E-state index is -0.301. The van der Waals surface area contributed by atoms with Gasteiger partial charge in [0, 0.05) is 22.3 Å². The van der Waals surface area contributed by atoms with Crippen molar-refractivity contribution in [3.8, 4) is 0 Å². The number of nitrogens with one attached hydrogen (secondary N) is 1. The molecule has 0 saturated carbocycles. The highest BCUT2D eigenvalue weighted by Crippen LogP contribution is 2.22. The monoisotopic (exact) mass is 374 g/mol. The van der Waals surface area contributed by atoms with Crippen LogP contribution in [0.25, 0.3) is 11.0 Å². The van der Waals surface area contributed by atoms with E-state index in [0.717, 1.165) is 16.6 Å². The number of hydrogen-bond acceptors (Lipinski definition) is 3. The molecule has 4 nitrogen and oxygen atoms in total. The third-order valence-corrected chi connectivity index (χ3v) is 4.24. The Morgan fingerprint density at radius 3 is 2.59 bits per heavy atom. The molecule has 0 aliphatic heterocycles. The number of nitrogens with zero attached hydrogens (tertiary/aromatic N) is 1. The Kier molecular flexibility index (Phi) is 4.73. The highest BCUT2D eigenvalue weighted by Gasteiger charge is 2.12. The van der Waals surface area contributed by atoms with Gasteiger partial charge in [-0.15, -0.1) is 0 Å². The molecule has 0 unspecified atom stereocenters.